The van der Waals surface area contributed by atoms with Gasteiger partial charge < -0.3 is 15.0 Å². The zero-order chi connectivity index (χ0) is 19.1. The number of carbonyl (C=O) groups excluding carboxylic acids is 1. The van der Waals surface area contributed by atoms with Crippen LogP contribution in [0.25, 0.3) is 0 Å². The summed E-state index contributed by atoms with van der Waals surface area (Å²) >= 11 is 0. The summed E-state index contributed by atoms with van der Waals surface area (Å²) in [5, 5.41) is 3.51. The first-order chi connectivity index (χ1) is 13.2. The van der Waals surface area contributed by atoms with E-state index in [-0.39, 0.29) is 0 Å². The molecule has 1 aliphatic heterocycles. The lowest BCUT2D eigenvalue weighted by atomic mass is 10.00. The molecule has 2 aromatic rings. The number of nitrogens with zero attached hydrogens (tertiary/aromatic N) is 1. The van der Waals surface area contributed by atoms with E-state index in [9.17, 15) is 4.79 Å². The lowest BCUT2D eigenvalue weighted by molar-refractivity contribution is -0.129. The normalized spacial score (nSPS) is 17.9. The highest BCUT2D eigenvalue weighted by atomic mass is 16.5. The molecular weight excluding hydrogens is 336 g/mol. The lowest BCUT2D eigenvalue weighted by Crippen LogP contribution is -2.37. The lowest BCUT2D eigenvalue weighted by Gasteiger charge is -2.28. The first-order valence-corrected chi connectivity index (χ1v) is 9.85. The molecule has 1 heterocycles. The van der Waals surface area contributed by atoms with Gasteiger partial charge >= 0.3 is 0 Å². The molecule has 4 heteroatoms. The Morgan fingerprint density at radius 3 is 2.78 bits per heavy atom. The van der Waals surface area contributed by atoms with Crippen LogP contribution in [-0.4, -0.2) is 37.0 Å². The summed E-state index contributed by atoms with van der Waals surface area (Å²) in [6.45, 7) is 4.74. The van der Waals surface area contributed by atoms with E-state index in [1.54, 1.807) is 7.11 Å². The van der Waals surface area contributed by atoms with E-state index in [2.05, 4.69) is 53.5 Å². The largest absolute Gasteiger partial charge is 0.497 e. The van der Waals surface area contributed by atoms with Crippen LogP contribution >= 0.6 is 0 Å². The number of hydrogen-bond donors (Lipinski definition) is 1. The first-order valence-electron chi connectivity index (χ1n) is 9.85. The molecule has 1 saturated heterocycles. The number of amides is 1. The Bertz CT molecular complexity index is 732. The van der Waals surface area contributed by atoms with Gasteiger partial charge in [0, 0.05) is 25.6 Å². The maximum Gasteiger partial charge on any atom is 0.222 e. The van der Waals surface area contributed by atoms with Gasteiger partial charge in [0.15, 0.2) is 0 Å². The molecule has 0 aliphatic carbocycles. The number of likely N-dealkylation sites (tertiary alicyclic amines) is 1. The molecular formula is C23H30N2O2. The van der Waals surface area contributed by atoms with Crippen molar-refractivity contribution >= 4 is 5.91 Å². The van der Waals surface area contributed by atoms with E-state index in [1.807, 2.05) is 18.2 Å². The minimum atomic E-state index is 0.301. The number of carbonyl (C=O) groups is 1. The molecule has 0 bridgehead atoms. The maximum atomic E-state index is 12.4. The smallest absolute Gasteiger partial charge is 0.222 e. The number of benzene rings is 2. The molecule has 0 saturated carbocycles. The molecule has 3 rings (SSSR count). The van der Waals surface area contributed by atoms with Crippen molar-refractivity contribution in [2.24, 2.45) is 0 Å². The molecule has 0 aromatic heterocycles. The maximum absolute atomic E-state index is 12.4. The second-order valence-electron chi connectivity index (χ2n) is 7.37. The van der Waals surface area contributed by atoms with Crippen LogP contribution in [-0.2, 0) is 11.3 Å². The number of nitrogens with one attached hydrogen (secondary N) is 1. The van der Waals surface area contributed by atoms with Crippen molar-refractivity contribution in [3.05, 3.63) is 65.7 Å². The van der Waals surface area contributed by atoms with Crippen LogP contribution < -0.4 is 10.1 Å². The Morgan fingerprint density at radius 2 is 2.00 bits per heavy atom. The van der Waals surface area contributed by atoms with Crippen LogP contribution in [0.3, 0.4) is 0 Å². The van der Waals surface area contributed by atoms with Gasteiger partial charge in [0.05, 0.1) is 7.11 Å². The Balaban J connectivity index is 1.47. The van der Waals surface area contributed by atoms with Gasteiger partial charge in [0.1, 0.15) is 5.75 Å². The van der Waals surface area contributed by atoms with Crippen LogP contribution in [0.2, 0.25) is 0 Å². The van der Waals surface area contributed by atoms with Crippen molar-refractivity contribution in [3.8, 4) is 5.75 Å². The number of ether oxygens (including phenoxy) is 1. The van der Waals surface area contributed by atoms with Crippen LogP contribution in [0, 0.1) is 0 Å². The van der Waals surface area contributed by atoms with Gasteiger partial charge in [0.2, 0.25) is 5.91 Å². The Morgan fingerprint density at radius 1 is 1.19 bits per heavy atom. The molecule has 1 amide bonds. The van der Waals surface area contributed by atoms with Crippen LogP contribution in [0.15, 0.2) is 54.6 Å². The minimum absolute atomic E-state index is 0.301. The zero-order valence-electron chi connectivity index (χ0n) is 16.4. The third kappa shape index (κ3) is 5.33. The van der Waals surface area contributed by atoms with E-state index in [0.717, 1.165) is 38.2 Å². The Labute approximate surface area is 162 Å². The van der Waals surface area contributed by atoms with Crippen molar-refractivity contribution in [2.75, 3.05) is 20.2 Å². The minimum Gasteiger partial charge on any atom is -0.497 e. The summed E-state index contributed by atoms with van der Waals surface area (Å²) in [6.07, 6.45) is 2.65. The Kier molecular flexibility index (Phi) is 6.88. The molecule has 2 aromatic carbocycles. The number of methoxy groups -OCH3 is 1. The second-order valence-corrected chi connectivity index (χ2v) is 7.37. The fourth-order valence-corrected chi connectivity index (χ4v) is 3.81. The molecule has 1 aliphatic rings. The fourth-order valence-electron chi connectivity index (χ4n) is 3.81. The van der Waals surface area contributed by atoms with Crippen LogP contribution in [0.1, 0.15) is 43.2 Å². The van der Waals surface area contributed by atoms with Crippen molar-refractivity contribution in [3.63, 3.8) is 0 Å². The van der Waals surface area contributed by atoms with E-state index >= 15 is 0 Å². The highest BCUT2D eigenvalue weighted by Crippen LogP contribution is 2.25. The third-order valence-electron chi connectivity index (χ3n) is 5.41. The quantitative estimate of drug-likeness (QED) is 0.683. The molecule has 27 heavy (non-hydrogen) atoms. The van der Waals surface area contributed by atoms with Crippen molar-refractivity contribution in [2.45, 2.75) is 44.7 Å². The average molecular weight is 367 g/mol. The predicted octanol–water partition coefficient (Wildman–Crippen LogP) is 3.97. The topological polar surface area (TPSA) is 41.6 Å². The summed E-state index contributed by atoms with van der Waals surface area (Å²) in [6, 6.07) is 18.9. The van der Waals surface area contributed by atoms with Crippen LogP contribution in [0.5, 0.6) is 5.75 Å². The number of hydrogen-bond acceptors (Lipinski definition) is 3. The fraction of sp³-hybridized carbons (Fsp3) is 0.435. The first kappa shape index (κ1) is 19.4. The predicted molar refractivity (Wildman–Crippen MR) is 109 cm³/mol. The molecule has 0 spiro atoms. The summed E-state index contributed by atoms with van der Waals surface area (Å²) < 4.78 is 5.27. The van der Waals surface area contributed by atoms with E-state index in [0.29, 0.717) is 24.3 Å². The number of rotatable bonds is 9. The zero-order valence-corrected chi connectivity index (χ0v) is 16.4. The van der Waals surface area contributed by atoms with Crippen LogP contribution in [0.4, 0.5) is 0 Å². The molecule has 2 unspecified atom stereocenters. The summed E-state index contributed by atoms with van der Waals surface area (Å²) in [5.41, 5.74) is 2.51. The summed E-state index contributed by atoms with van der Waals surface area (Å²) in [5.74, 6) is 1.55. The van der Waals surface area contributed by atoms with Crippen molar-refractivity contribution in [1.82, 2.24) is 10.2 Å². The van der Waals surface area contributed by atoms with Crippen molar-refractivity contribution in [1.29, 1.82) is 0 Å². The van der Waals surface area contributed by atoms with E-state index < -0.39 is 0 Å². The van der Waals surface area contributed by atoms with E-state index in [4.69, 9.17) is 4.74 Å². The second kappa shape index (κ2) is 9.56. The van der Waals surface area contributed by atoms with Crippen molar-refractivity contribution < 1.29 is 9.53 Å². The monoisotopic (exact) mass is 366 g/mol. The van der Waals surface area contributed by atoms with Gasteiger partial charge in [-0.15, -0.1) is 0 Å². The molecule has 1 N–H and O–H groups in total. The highest BCUT2D eigenvalue weighted by molar-refractivity contribution is 5.78. The third-order valence-corrected chi connectivity index (χ3v) is 5.41. The standard InChI is InChI=1S/C23H30N2O2/c1-18(20-8-4-3-5-9-20)17-25-21(11-12-23(25)26)13-14-24-16-19-7-6-10-22(15-19)27-2/h3-10,15,18,21,24H,11-14,16-17H2,1-2H3. The summed E-state index contributed by atoms with van der Waals surface area (Å²) in [4.78, 5) is 14.5. The molecule has 4 nitrogen and oxygen atoms in total. The Hall–Kier alpha value is -2.33. The molecule has 1 fully saturated rings. The van der Waals surface area contributed by atoms with Gasteiger partial charge in [-0.2, -0.15) is 0 Å². The van der Waals surface area contributed by atoms with Gasteiger partial charge in [0.25, 0.3) is 0 Å². The SMILES string of the molecule is COc1cccc(CNCCC2CCC(=O)N2CC(C)c2ccccc2)c1. The highest BCUT2D eigenvalue weighted by Gasteiger charge is 2.31. The van der Waals surface area contributed by atoms with E-state index in [1.165, 1.54) is 11.1 Å². The average Bonchev–Trinajstić information content (AvgIpc) is 3.05. The van der Waals surface area contributed by atoms with Gasteiger partial charge in [-0.1, -0.05) is 49.4 Å². The van der Waals surface area contributed by atoms with Gasteiger partial charge in [-0.05, 0) is 48.6 Å². The molecule has 144 valence electrons. The molecule has 0 radical (unpaired) electrons. The molecule has 2 atom stereocenters. The van der Waals surface area contributed by atoms with Gasteiger partial charge in [-0.3, -0.25) is 4.79 Å². The summed E-state index contributed by atoms with van der Waals surface area (Å²) in [7, 11) is 1.69. The van der Waals surface area contributed by atoms with Gasteiger partial charge in [-0.25, -0.2) is 0 Å².